The largest absolute Gasteiger partial charge is 0.458 e. The van der Waals surface area contributed by atoms with Crippen LogP contribution in [0.5, 0.6) is 11.5 Å². The maximum Gasteiger partial charge on any atom is 0.370 e. The molecule has 0 unspecified atom stereocenters. The number of benzene rings is 2. The Kier molecular flexibility index (Phi) is 3.11. The van der Waals surface area contributed by atoms with Crippen LogP contribution in [-0.4, -0.2) is 37.8 Å². The fourth-order valence-electron chi connectivity index (χ4n) is 3.74. The average Bonchev–Trinajstić information content (AvgIpc) is 3.07. The van der Waals surface area contributed by atoms with Crippen LogP contribution in [0.15, 0.2) is 24.3 Å². The standard InChI is InChI=1S/C18H7F3O7Si/c1-29(18(19,20)21)12-4-8-6(14(22)27-16(8)24)2-10(12)26-11-3-7-9(5-13(11)29)17(25)28-15(7)23/h2-5H,1H3. The minimum atomic E-state index is -4.75. The highest BCUT2D eigenvalue weighted by Crippen LogP contribution is 2.41. The number of cyclic esters (lactones) is 4. The Morgan fingerprint density at radius 2 is 1.00 bits per heavy atom. The lowest BCUT2D eigenvalue weighted by Gasteiger charge is -2.37. The Morgan fingerprint density at radius 3 is 1.34 bits per heavy atom. The molecule has 0 saturated heterocycles. The highest BCUT2D eigenvalue weighted by molar-refractivity contribution is 7.04. The Balaban J connectivity index is 1.84. The van der Waals surface area contributed by atoms with Gasteiger partial charge in [0.15, 0.2) is 0 Å². The quantitative estimate of drug-likeness (QED) is 0.364. The molecule has 3 heterocycles. The van der Waals surface area contributed by atoms with E-state index in [1.807, 2.05) is 0 Å². The number of ether oxygens (including phenoxy) is 3. The van der Waals surface area contributed by atoms with E-state index in [4.69, 9.17) is 4.74 Å². The van der Waals surface area contributed by atoms with Gasteiger partial charge in [0.25, 0.3) is 0 Å². The predicted octanol–water partition coefficient (Wildman–Crippen LogP) is 1.71. The lowest BCUT2D eigenvalue weighted by molar-refractivity contribution is -0.0530. The number of alkyl halides is 3. The number of hydrogen-bond donors (Lipinski definition) is 0. The number of rotatable bonds is 0. The molecule has 7 nitrogen and oxygen atoms in total. The van der Waals surface area contributed by atoms with Crippen LogP contribution in [0.2, 0.25) is 6.55 Å². The molecule has 0 aliphatic carbocycles. The summed E-state index contributed by atoms with van der Waals surface area (Å²) in [7, 11) is -4.63. The number of hydrogen-bond acceptors (Lipinski definition) is 7. The molecule has 11 heteroatoms. The first-order valence-electron chi connectivity index (χ1n) is 8.17. The zero-order valence-corrected chi connectivity index (χ0v) is 15.3. The van der Waals surface area contributed by atoms with Gasteiger partial charge in [-0.1, -0.05) is 6.55 Å². The van der Waals surface area contributed by atoms with E-state index >= 15 is 0 Å². The molecule has 0 atom stereocenters. The minimum absolute atomic E-state index is 0.202. The van der Waals surface area contributed by atoms with Crippen molar-refractivity contribution in [2.45, 2.75) is 12.3 Å². The lowest BCUT2D eigenvalue weighted by Crippen LogP contribution is -2.68. The van der Waals surface area contributed by atoms with Crippen molar-refractivity contribution in [2.24, 2.45) is 0 Å². The van der Waals surface area contributed by atoms with Crippen molar-refractivity contribution in [3.05, 3.63) is 46.5 Å². The molecule has 0 radical (unpaired) electrons. The Hall–Kier alpha value is -3.47. The summed E-state index contributed by atoms with van der Waals surface area (Å²) in [5.41, 5.74) is -0.961. The van der Waals surface area contributed by atoms with Gasteiger partial charge in [-0.25, -0.2) is 19.2 Å². The van der Waals surface area contributed by atoms with Crippen LogP contribution < -0.4 is 15.1 Å². The van der Waals surface area contributed by atoms with Crippen LogP contribution in [0.1, 0.15) is 41.4 Å². The van der Waals surface area contributed by atoms with Crippen molar-refractivity contribution in [1.29, 1.82) is 0 Å². The summed E-state index contributed by atoms with van der Waals surface area (Å²) in [4.78, 5) is 47.3. The molecule has 0 saturated carbocycles. The van der Waals surface area contributed by atoms with Crippen LogP contribution in [-0.2, 0) is 9.47 Å². The van der Waals surface area contributed by atoms with E-state index in [0.29, 0.717) is 0 Å². The van der Waals surface area contributed by atoms with Gasteiger partial charge < -0.3 is 14.2 Å². The van der Waals surface area contributed by atoms with E-state index < -0.39 is 37.8 Å². The van der Waals surface area contributed by atoms with Crippen molar-refractivity contribution >= 4 is 42.3 Å². The lowest BCUT2D eigenvalue weighted by atomic mass is 10.1. The average molecular weight is 420 g/mol. The topological polar surface area (TPSA) is 96.0 Å². The number of carbonyl (C=O) groups excluding carboxylic acids is 4. The van der Waals surface area contributed by atoms with Crippen molar-refractivity contribution in [3.8, 4) is 11.5 Å². The second-order valence-electron chi connectivity index (χ2n) is 6.87. The van der Waals surface area contributed by atoms with Gasteiger partial charge in [-0.05, 0) is 34.6 Å². The van der Waals surface area contributed by atoms with Gasteiger partial charge >= 0.3 is 29.7 Å². The van der Waals surface area contributed by atoms with E-state index in [1.54, 1.807) is 0 Å². The van der Waals surface area contributed by atoms with Crippen molar-refractivity contribution < 1.29 is 46.6 Å². The van der Waals surface area contributed by atoms with Crippen molar-refractivity contribution in [3.63, 3.8) is 0 Å². The van der Waals surface area contributed by atoms with E-state index in [1.165, 1.54) is 0 Å². The molecule has 3 aliphatic rings. The molecule has 2 aromatic carbocycles. The molecule has 0 amide bonds. The molecule has 146 valence electrons. The van der Waals surface area contributed by atoms with Crippen LogP contribution >= 0.6 is 0 Å². The molecule has 29 heavy (non-hydrogen) atoms. The maximum atomic E-state index is 14.4. The third-order valence-corrected chi connectivity index (χ3v) is 9.42. The van der Waals surface area contributed by atoms with Gasteiger partial charge in [0.2, 0.25) is 8.07 Å². The third kappa shape index (κ3) is 2.07. The minimum Gasteiger partial charge on any atom is -0.458 e. The van der Waals surface area contributed by atoms with Gasteiger partial charge in [0, 0.05) is 0 Å². The fraction of sp³-hybridized carbons (Fsp3) is 0.111. The molecule has 3 aliphatic heterocycles. The highest BCUT2D eigenvalue weighted by Gasteiger charge is 2.61. The van der Waals surface area contributed by atoms with E-state index in [9.17, 15) is 32.3 Å². The summed E-state index contributed by atoms with van der Waals surface area (Å²) in [6.45, 7) is 0.996. The first-order valence-corrected chi connectivity index (χ1v) is 10.7. The first kappa shape index (κ1) is 17.6. The van der Waals surface area contributed by atoms with Gasteiger partial charge in [0.1, 0.15) is 11.5 Å². The molecular formula is C18H7F3O7Si. The van der Waals surface area contributed by atoms with Crippen LogP contribution in [0.3, 0.4) is 0 Å². The normalized spacial score (nSPS) is 18.3. The van der Waals surface area contributed by atoms with Crippen molar-refractivity contribution in [1.82, 2.24) is 0 Å². The van der Waals surface area contributed by atoms with E-state index in [-0.39, 0.29) is 44.1 Å². The summed E-state index contributed by atoms with van der Waals surface area (Å²) in [5.74, 6) is -9.32. The van der Waals surface area contributed by atoms with E-state index in [2.05, 4.69) is 9.47 Å². The fourth-order valence-corrected chi connectivity index (χ4v) is 6.74. The van der Waals surface area contributed by atoms with Gasteiger partial charge in [-0.3, -0.25) is 0 Å². The van der Waals surface area contributed by atoms with Gasteiger partial charge in [-0.2, -0.15) is 13.2 Å². The van der Waals surface area contributed by atoms with Crippen LogP contribution in [0.4, 0.5) is 13.2 Å². The Morgan fingerprint density at radius 1 is 0.655 bits per heavy atom. The maximum absolute atomic E-state index is 14.4. The molecule has 0 spiro atoms. The number of halogens is 3. The molecule has 0 fully saturated rings. The van der Waals surface area contributed by atoms with Crippen LogP contribution in [0, 0.1) is 0 Å². The molecule has 2 aromatic rings. The second-order valence-corrected chi connectivity index (χ2v) is 10.8. The van der Waals surface area contributed by atoms with Gasteiger partial charge in [-0.15, -0.1) is 0 Å². The highest BCUT2D eigenvalue weighted by atomic mass is 28.3. The predicted molar refractivity (Wildman–Crippen MR) is 89.4 cm³/mol. The summed E-state index contributed by atoms with van der Waals surface area (Å²) >= 11 is 0. The summed E-state index contributed by atoms with van der Waals surface area (Å²) in [6.07, 6.45) is 0. The first-order chi connectivity index (χ1) is 13.5. The smallest absolute Gasteiger partial charge is 0.370 e. The zero-order chi connectivity index (χ0) is 20.9. The Labute approximate surface area is 160 Å². The zero-order valence-electron chi connectivity index (χ0n) is 14.3. The molecule has 0 N–H and O–H groups in total. The third-order valence-electron chi connectivity index (χ3n) is 5.35. The molecule has 0 aromatic heterocycles. The molecule has 0 bridgehead atoms. The molecule has 5 rings (SSSR count). The van der Waals surface area contributed by atoms with Gasteiger partial charge in [0.05, 0.1) is 22.3 Å². The second kappa shape index (κ2) is 5.11. The summed E-state index contributed by atoms with van der Waals surface area (Å²) in [6, 6.07) is 4.01. The monoisotopic (exact) mass is 420 g/mol. The Bertz CT molecular complexity index is 1130. The number of esters is 4. The molecular weight excluding hydrogens is 413 g/mol. The van der Waals surface area contributed by atoms with Crippen LogP contribution in [0.25, 0.3) is 0 Å². The summed E-state index contributed by atoms with van der Waals surface area (Å²) < 4.78 is 57.6. The SMILES string of the molecule is C[Si]1(C(F)(F)F)c2cc3c(cc2Oc2cc4c(cc21)C(=O)OC4=O)C(=O)OC3=O. The summed E-state index contributed by atoms with van der Waals surface area (Å²) in [5, 5.41) is -0.582. The number of fused-ring (bicyclic) bond motifs is 4. The number of carbonyl (C=O) groups is 4. The van der Waals surface area contributed by atoms with E-state index in [0.717, 1.165) is 30.8 Å². The van der Waals surface area contributed by atoms with Crippen molar-refractivity contribution in [2.75, 3.05) is 0 Å².